The number of unbranched alkanes of at least 4 members (excludes halogenated alkanes) is 26. The van der Waals surface area contributed by atoms with E-state index in [1.54, 1.807) is 0 Å². The van der Waals surface area contributed by atoms with Crippen LogP contribution in [0.2, 0.25) is 0 Å². The fourth-order valence-electron chi connectivity index (χ4n) is 5.53. The van der Waals surface area contributed by atoms with Gasteiger partial charge in [0.2, 0.25) is 0 Å². The Bertz CT molecular complexity index is 548. The third kappa shape index (κ3) is 32.9. The molecule has 0 unspecified atom stereocenters. The third-order valence-electron chi connectivity index (χ3n) is 8.37. The second kappa shape index (κ2) is 31.0. The zero-order valence-corrected chi connectivity index (χ0v) is 29.0. The van der Waals surface area contributed by atoms with Gasteiger partial charge in [-0.05, 0) is 12.8 Å². The maximum atomic E-state index is 11.4. The van der Waals surface area contributed by atoms with Crippen molar-refractivity contribution in [3.05, 3.63) is 0 Å². The minimum atomic E-state index is -4.23. The first-order valence-corrected chi connectivity index (χ1v) is 20.2. The van der Waals surface area contributed by atoms with Crippen molar-refractivity contribution in [2.45, 2.75) is 206 Å². The lowest BCUT2D eigenvalue weighted by atomic mass is 10.0. The average Bonchev–Trinajstić information content (AvgIpc) is 2.96. The molecule has 0 aromatic heterocycles. The Morgan fingerprint density at radius 3 is 0.929 bits per heavy atom. The van der Waals surface area contributed by atoms with E-state index in [4.69, 9.17) is 9.47 Å². The first-order valence-electron chi connectivity index (χ1n) is 18.4. The van der Waals surface area contributed by atoms with Gasteiger partial charge in [0.25, 0.3) is 5.97 Å². The predicted molar refractivity (Wildman–Crippen MR) is 179 cm³/mol. The number of ether oxygens (including phenoxy) is 2. The monoisotopic (exact) mass is 621 g/mol. The lowest BCUT2D eigenvalue weighted by Crippen LogP contribution is -2.37. The van der Waals surface area contributed by atoms with E-state index in [2.05, 4.69) is 13.8 Å². The van der Waals surface area contributed by atoms with Crippen LogP contribution in [0.4, 0.5) is 0 Å². The van der Waals surface area contributed by atoms with Gasteiger partial charge in [0.1, 0.15) is 0 Å². The second-order valence-corrected chi connectivity index (χ2v) is 14.5. The number of rotatable bonds is 35. The highest BCUT2D eigenvalue weighted by Crippen LogP contribution is 2.37. The van der Waals surface area contributed by atoms with Crippen molar-refractivity contribution in [3.8, 4) is 0 Å². The van der Waals surface area contributed by atoms with Crippen LogP contribution in [0.1, 0.15) is 200 Å². The standard InChI is InChI=1S/C35H73O6P/c1-3-5-7-9-11-13-15-17-19-21-23-25-27-29-32-40-35(36,31-34-42(37,38)39)41-33-30-28-26-24-22-20-18-16-14-12-10-8-6-4-2/h36H,3-34H2,1-2H3,(H2,37,38,39). The minimum absolute atomic E-state index is 0.214. The van der Waals surface area contributed by atoms with E-state index < -0.39 is 19.7 Å². The molecule has 0 atom stereocenters. The van der Waals surface area contributed by atoms with Crippen LogP contribution in [-0.4, -0.2) is 40.2 Å². The Balaban J connectivity index is 3.81. The summed E-state index contributed by atoms with van der Waals surface area (Å²) < 4.78 is 22.7. The molecule has 0 heterocycles. The molecular weight excluding hydrogens is 547 g/mol. The van der Waals surface area contributed by atoms with Gasteiger partial charge in [-0.2, -0.15) is 0 Å². The van der Waals surface area contributed by atoms with Crippen LogP contribution in [0.25, 0.3) is 0 Å². The summed E-state index contributed by atoms with van der Waals surface area (Å²) in [6.45, 7) is 5.21. The Kier molecular flexibility index (Phi) is 31.1. The highest BCUT2D eigenvalue weighted by molar-refractivity contribution is 7.51. The third-order valence-corrected chi connectivity index (χ3v) is 9.18. The van der Waals surface area contributed by atoms with Crippen molar-refractivity contribution < 1.29 is 28.9 Å². The fraction of sp³-hybridized carbons (Fsp3) is 1.00. The second-order valence-electron chi connectivity index (χ2n) is 12.7. The van der Waals surface area contributed by atoms with E-state index >= 15 is 0 Å². The van der Waals surface area contributed by atoms with Crippen LogP contribution < -0.4 is 0 Å². The molecule has 7 heteroatoms. The Labute approximate surface area is 261 Å². The number of hydrogen-bond acceptors (Lipinski definition) is 4. The van der Waals surface area contributed by atoms with Gasteiger partial charge in [-0.3, -0.25) is 4.57 Å². The molecule has 0 aliphatic rings. The van der Waals surface area contributed by atoms with Crippen LogP contribution in [0.15, 0.2) is 0 Å². The molecule has 0 bridgehead atoms. The van der Waals surface area contributed by atoms with Crippen molar-refractivity contribution in [1.82, 2.24) is 0 Å². The van der Waals surface area contributed by atoms with Gasteiger partial charge in [-0.25, -0.2) is 0 Å². The first kappa shape index (κ1) is 42.0. The Hall–Kier alpha value is 0.0300. The first-order chi connectivity index (χ1) is 20.3. The van der Waals surface area contributed by atoms with Gasteiger partial charge in [0, 0.05) is 6.42 Å². The average molecular weight is 621 g/mol. The molecule has 0 aromatic rings. The molecule has 0 fully saturated rings. The smallest absolute Gasteiger partial charge is 0.325 e. The van der Waals surface area contributed by atoms with Gasteiger partial charge in [0.15, 0.2) is 0 Å². The van der Waals surface area contributed by atoms with Gasteiger partial charge >= 0.3 is 7.60 Å². The summed E-state index contributed by atoms with van der Waals surface area (Å²) in [6, 6.07) is 0. The summed E-state index contributed by atoms with van der Waals surface area (Å²) in [5.74, 6) is -1.91. The quantitative estimate of drug-likeness (QED) is 0.0370. The van der Waals surface area contributed by atoms with E-state index in [0.29, 0.717) is 13.2 Å². The summed E-state index contributed by atoms with van der Waals surface area (Å²) in [5.41, 5.74) is 0. The predicted octanol–water partition coefficient (Wildman–Crippen LogP) is 11.2. The van der Waals surface area contributed by atoms with Crippen LogP contribution in [0.3, 0.4) is 0 Å². The van der Waals surface area contributed by atoms with E-state index in [1.807, 2.05) is 0 Å². The van der Waals surface area contributed by atoms with E-state index in [-0.39, 0.29) is 6.42 Å². The molecule has 6 nitrogen and oxygen atoms in total. The van der Waals surface area contributed by atoms with Gasteiger partial charge in [-0.15, -0.1) is 0 Å². The molecule has 0 saturated heterocycles. The number of aliphatic hydroxyl groups is 1. The summed E-state index contributed by atoms with van der Waals surface area (Å²) >= 11 is 0. The topological polar surface area (TPSA) is 96.2 Å². The van der Waals surface area contributed by atoms with Gasteiger partial charge < -0.3 is 24.4 Å². The molecule has 3 N–H and O–H groups in total. The van der Waals surface area contributed by atoms with Crippen molar-refractivity contribution in [2.24, 2.45) is 0 Å². The Morgan fingerprint density at radius 1 is 0.452 bits per heavy atom. The lowest BCUT2D eigenvalue weighted by molar-refractivity contribution is -0.361. The lowest BCUT2D eigenvalue weighted by Gasteiger charge is -2.28. The molecule has 0 spiro atoms. The molecule has 0 aliphatic carbocycles. The molecule has 42 heavy (non-hydrogen) atoms. The minimum Gasteiger partial charge on any atom is -0.343 e. The van der Waals surface area contributed by atoms with Crippen molar-refractivity contribution in [2.75, 3.05) is 19.4 Å². The maximum absolute atomic E-state index is 11.4. The van der Waals surface area contributed by atoms with Crippen molar-refractivity contribution in [1.29, 1.82) is 0 Å². The highest BCUT2D eigenvalue weighted by Gasteiger charge is 2.32. The molecule has 0 saturated carbocycles. The SMILES string of the molecule is CCCCCCCCCCCCCCCCOC(O)(CCP(=O)(O)O)OCCCCCCCCCCCCCCCC. The normalized spacial score (nSPS) is 12.4. The van der Waals surface area contributed by atoms with Gasteiger partial charge in [-0.1, -0.05) is 181 Å². The molecule has 0 amide bonds. The van der Waals surface area contributed by atoms with Crippen molar-refractivity contribution in [3.63, 3.8) is 0 Å². The molecule has 254 valence electrons. The Morgan fingerprint density at radius 2 is 0.690 bits per heavy atom. The molecule has 0 aromatic carbocycles. The number of hydrogen-bond donors (Lipinski definition) is 3. The highest BCUT2D eigenvalue weighted by atomic mass is 31.2. The zero-order chi connectivity index (χ0) is 31.0. The summed E-state index contributed by atoms with van der Waals surface area (Å²) in [4.78, 5) is 18.6. The summed E-state index contributed by atoms with van der Waals surface area (Å²) in [5, 5.41) is 10.8. The van der Waals surface area contributed by atoms with Crippen molar-refractivity contribution >= 4 is 7.60 Å². The molecule has 0 aliphatic heterocycles. The molecule has 0 rings (SSSR count). The van der Waals surface area contributed by atoms with E-state index in [1.165, 1.54) is 141 Å². The van der Waals surface area contributed by atoms with Crippen LogP contribution in [0.5, 0.6) is 0 Å². The molecule has 0 radical (unpaired) electrons. The van der Waals surface area contributed by atoms with Crippen LogP contribution >= 0.6 is 7.60 Å². The summed E-state index contributed by atoms with van der Waals surface area (Å²) in [7, 11) is -4.23. The summed E-state index contributed by atoms with van der Waals surface area (Å²) in [6.07, 6.45) is 35.0. The molecular formula is C35H73O6P. The fourth-order valence-corrected chi connectivity index (χ4v) is 6.10. The largest absolute Gasteiger partial charge is 0.343 e. The maximum Gasteiger partial charge on any atom is 0.325 e. The van der Waals surface area contributed by atoms with E-state index in [0.717, 1.165) is 38.5 Å². The van der Waals surface area contributed by atoms with Crippen LogP contribution in [0, 0.1) is 0 Å². The van der Waals surface area contributed by atoms with Gasteiger partial charge in [0.05, 0.1) is 19.4 Å². The van der Waals surface area contributed by atoms with Crippen LogP contribution in [-0.2, 0) is 14.0 Å². The van der Waals surface area contributed by atoms with E-state index in [9.17, 15) is 19.5 Å². The zero-order valence-electron chi connectivity index (χ0n) is 28.1.